The zero-order valence-corrected chi connectivity index (χ0v) is 16.3. The van der Waals surface area contributed by atoms with Gasteiger partial charge in [-0.15, -0.1) is 0 Å². The molecule has 144 valence electrons. The summed E-state index contributed by atoms with van der Waals surface area (Å²) in [4.78, 5) is 24.3. The minimum atomic E-state index is -0.0936. The fourth-order valence-corrected chi connectivity index (χ4v) is 3.39. The van der Waals surface area contributed by atoms with Crippen molar-refractivity contribution < 1.29 is 4.79 Å². The molecule has 0 atom stereocenters. The Labute approximate surface area is 169 Å². The Kier molecular flexibility index (Phi) is 7.04. The standard InChI is InChI=1S/C23H23ClN2O2/c24-20-12-13-23(28)26(17-20)15-7-14-25-22(27)16-21(18-8-3-1-4-9-18)19-10-5-2-6-11-19/h1-6,8-13,17,21H,7,14-16H2,(H,25,27). The van der Waals surface area contributed by atoms with Gasteiger partial charge in [0, 0.05) is 37.7 Å². The van der Waals surface area contributed by atoms with Crippen molar-refractivity contribution in [1.29, 1.82) is 0 Å². The van der Waals surface area contributed by atoms with E-state index in [1.165, 1.54) is 6.07 Å². The van der Waals surface area contributed by atoms with E-state index in [0.29, 0.717) is 31.0 Å². The van der Waals surface area contributed by atoms with Crippen LogP contribution in [-0.2, 0) is 11.3 Å². The molecule has 1 N–H and O–H groups in total. The van der Waals surface area contributed by atoms with Gasteiger partial charge in [0.25, 0.3) is 5.56 Å². The molecule has 0 aliphatic rings. The van der Waals surface area contributed by atoms with Crippen LogP contribution in [0.4, 0.5) is 0 Å². The lowest BCUT2D eigenvalue weighted by atomic mass is 9.88. The molecule has 1 heterocycles. The minimum Gasteiger partial charge on any atom is -0.356 e. The summed E-state index contributed by atoms with van der Waals surface area (Å²) in [6, 6.07) is 23.2. The molecule has 0 aliphatic carbocycles. The van der Waals surface area contributed by atoms with Crippen molar-refractivity contribution in [2.75, 3.05) is 6.54 Å². The smallest absolute Gasteiger partial charge is 0.250 e. The first-order chi connectivity index (χ1) is 13.6. The molecule has 0 bridgehead atoms. The third-order valence-electron chi connectivity index (χ3n) is 4.64. The van der Waals surface area contributed by atoms with Gasteiger partial charge in [-0.2, -0.15) is 0 Å². The Balaban J connectivity index is 1.57. The minimum absolute atomic E-state index is 0.00357. The van der Waals surface area contributed by atoms with Gasteiger partial charge < -0.3 is 9.88 Å². The summed E-state index contributed by atoms with van der Waals surface area (Å²) < 4.78 is 1.56. The van der Waals surface area contributed by atoms with Crippen molar-refractivity contribution in [1.82, 2.24) is 9.88 Å². The second-order valence-corrected chi connectivity index (χ2v) is 7.10. The lowest BCUT2D eigenvalue weighted by molar-refractivity contribution is -0.121. The molecule has 3 rings (SSSR count). The predicted molar refractivity (Wildman–Crippen MR) is 113 cm³/mol. The molecule has 0 fully saturated rings. The van der Waals surface area contributed by atoms with Crippen molar-refractivity contribution in [2.45, 2.75) is 25.3 Å². The first kappa shape index (κ1) is 19.9. The Bertz CT molecular complexity index is 916. The number of benzene rings is 2. The number of nitrogens with one attached hydrogen (secondary N) is 1. The molecule has 5 heteroatoms. The highest BCUT2D eigenvalue weighted by Gasteiger charge is 2.17. The third-order valence-corrected chi connectivity index (χ3v) is 4.86. The maximum absolute atomic E-state index is 12.5. The number of halogens is 1. The van der Waals surface area contributed by atoms with Crippen LogP contribution in [0.1, 0.15) is 29.9 Å². The first-order valence-electron chi connectivity index (χ1n) is 9.36. The van der Waals surface area contributed by atoms with E-state index in [0.717, 1.165) is 11.1 Å². The molecule has 0 saturated heterocycles. The first-order valence-corrected chi connectivity index (χ1v) is 9.74. The van der Waals surface area contributed by atoms with Crippen LogP contribution >= 0.6 is 11.6 Å². The van der Waals surface area contributed by atoms with Gasteiger partial charge in [0.2, 0.25) is 5.91 Å². The molecule has 28 heavy (non-hydrogen) atoms. The van der Waals surface area contributed by atoms with Crippen LogP contribution < -0.4 is 10.9 Å². The van der Waals surface area contributed by atoms with Crippen LogP contribution in [0.2, 0.25) is 5.02 Å². The zero-order valence-electron chi connectivity index (χ0n) is 15.6. The summed E-state index contributed by atoms with van der Waals surface area (Å²) in [5.74, 6) is 0.00842. The number of hydrogen-bond donors (Lipinski definition) is 1. The normalized spacial score (nSPS) is 10.8. The number of aryl methyl sites for hydroxylation is 1. The predicted octanol–water partition coefficient (Wildman–Crippen LogP) is 4.23. The van der Waals surface area contributed by atoms with E-state index in [-0.39, 0.29) is 17.4 Å². The number of nitrogens with zero attached hydrogens (tertiary/aromatic N) is 1. The van der Waals surface area contributed by atoms with Crippen molar-refractivity contribution in [3.63, 3.8) is 0 Å². The van der Waals surface area contributed by atoms with Crippen LogP contribution in [0.3, 0.4) is 0 Å². The average molecular weight is 395 g/mol. The van der Waals surface area contributed by atoms with Gasteiger partial charge in [0.1, 0.15) is 0 Å². The van der Waals surface area contributed by atoms with Gasteiger partial charge in [0.15, 0.2) is 0 Å². The molecule has 1 amide bonds. The van der Waals surface area contributed by atoms with Crippen LogP contribution in [0.25, 0.3) is 0 Å². The molecule has 0 radical (unpaired) electrons. The Hall–Kier alpha value is -2.85. The fourth-order valence-electron chi connectivity index (χ4n) is 3.21. The van der Waals surface area contributed by atoms with Crippen LogP contribution in [-0.4, -0.2) is 17.0 Å². The SMILES string of the molecule is O=C(CC(c1ccccc1)c1ccccc1)NCCCn1cc(Cl)ccc1=O. The summed E-state index contributed by atoms with van der Waals surface area (Å²) in [6.07, 6.45) is 2.66. The van der Waals surface area contributed by atoms with E-state index in [1.54, 1.807) is 16.8 Å². The highest BCUT2D eigenvalue weighted by molar-refractivity contribution is 6.30. The maximum Gasteiger partial charge on any atom is 0.250 e. The fraction of sp³-hybridized carbons (Fsp3) is 0.217. The molecule has 4 nitrogen and oxygen atoms in total. The van der Waals surface area contributed by atoms with Crippen molar-refractivity contribution >= 4 is 17.5 Å². The highest BCUT2D eigenvalue weighted by atomic mass is 35.5. The number of carbonyl (C=O) groups excluding carboxylic acids is 1. The number of hydrogen-bond acceptors (Lipinski definition) is 2. The van der Waals surface area contributed by atoms with E-state index >= 15 is 0 Å². The highest BCUT2D eigenvalue weighted by Crippen LogP contribution is 2.27. The number of carbonyl (C=O) groups is 1. The summed E-state index contributed by atoms with van der Waals surface area (Å²) >= 11 is 5.92. The van der Waals surface area contributed by atoms with Gasteiger partial charge >= 0.3 is 0 Å². The van der Waals surface area contributed by atoms with Crippen molar-refractivity contribution in [2.24, 2.45) is 0 Å². The van der Waals surface area contributed by atoms with Gasteiger partial charge in [0.05, 0.1) is 5.02 Å². The van der Waals surface area contributed by atoms with E-state index in [1.807, 2.05) is 36.4 Å². The molecule has 0 unspecified atom stereocenters. The molecular formula is C23H23ClN2O2. The lowest BCUT2D eigenvalue weighted by Crippen LogP contribution is -2.28. The van der Waals surface area contributed by atoms with E-state index in [4.69, 9.17) is 11.6 Å². The van der Waals surface area contributed by atoms with E-state index in [9.17, 15) is 9.59 Å². The van der Waals surface area contributed by atoms with Crippen molar-refractivity contribution in [3.8, 4) is 0 Å². The maximum atomic E-state index is 12.5. The molecular weight excluding hydrogens is 372 g/mol. The second kappa shape index (κ2) is 9.90. The Morgan fingerprint density at radius 3 is 2.14 bits per heavy atom. The topological polar surface area (TPSA) is 51.1 Å². The summed E-state index contributed by atoms with van der Waals surface area (Å²) in [6.45, 7) is 1.02. The largest absolute Gasteiger partial charge is 0.356 e. The lowest BCUT2D eigenvalue weighted by Gasteiger charge is -2.18. The van der Waals surface area contributed by atoms with Gasteiger partial charge in [-0.1, -0.05) is 72.3 Å². The molecule has 3 aromatic rings. The quantitative estimate of drug-likeness (QED) is 0.581. The third kappa shape index (κ3) is 5.57. The second-order valence-electron chi connectivity index (χ2n) is 6.66. The molecule has 2 aromatic carbocycles. The van der Waals surface area contributed by atoms with Gasteiger partial charge in [-0.25, -0.2) is 0 Å². The van der Waals surface area contributed by atoms with Crippen molar-refractivity contribution in [3.05, 3.63) is 105 Å². The van der Waals surface area contributed by atoms with Crippen LogP contribution in [0.15, 0.2) is 83.8 Å². The Morgan fingerprint density at radius 2 is 1.54 bits per heavy atom. The van der Waals surface area contributed by atoms with Crippen LogP contribution in [0, 0.1) is 0 Å². The summed E-state index contributed by atoms with van der Waals surface area (Å²) in [5.41, 5.74) is 2.15. The molecule has 0 aliphatic heterocycles. The number of aromatic nitrogens is 1. The average Bonchev–Trinajstić information content (AvgIpc) is 2.73. The number of pyridine rings is 1. The zero-order chi connectivity index (χ0) is 19.8. The monoisotopic (exact) mass is 394 g/mol. The van der Waals surface area contributed by atoms with Gasteiger partial charge in [-0.3, -0.25) is 9.59 Å². The van der Waals surface area contributed by atoms with E-state index < -0.39 is 0 Å². The number of amides is 1. The van der Waals surface area contributed by atoms with Gasteiger partial charge in [-0.05, 0) is 23.6 Å². The van der Waals surface area contributed by atoms with E-state index in [2.05, 4.69) is 29.6 Å². The van der Waals surface area contributed by atoms with Crippen LogP contribution in [0.5, 0.6) is 0 Å². The molecule has 0 spiro atoms. The Morgan fingerprint density at radius 1 is 0.929 bits per heavy atom. The summed E-state index contributed by atoms with van der Waals surface area (Å²) in [7, 11) is 0. The molecule has 0 saturated carbocycles. The number of rotatable bonds is 8. The summed E-state index contributed by atoms with van der Waals surface area (Å²) in [5, 5.41) is 3.49. The molecule has 1 aromatic heterocycles.